The third kappa shape index (κ3) is 2.29. The zero-order valence-electron chi connectivity index (χ0n) is 9.44. The molecular weight excluding hydrogens is 172 g/mol. The molecule has 0 amide bonds. The van der Waals surface area contributed by atoms with Crippen molar-refractivity contribution in [2.24, 2.45) is 0 Å². The Kier molecular flexibility index (Phi) is 3.45. The predicted octanol–water partition coefficient (Wildman–Crippen LogP) is 2.05. The molecule has 1 atom stereocenters. The summed E-state index contributed by atoms with van der Waals surface area (Å²) in [6.45, 7) is 4.56. The standard InChI is InChI=1S/C12H24N2/c1-2-13-11-6-9-14-12(10-11)7-4-3-5-8-12/h11,13-14H,2-10H2,1H3. The maximum atomic E-state index is 3.78. The highest BCUT2D eigenvalue weighted by atomic mass is 15.0. The van der Waals surface area contributed by atoms with Crippen LogP contribution in [0.5, 0.6) is 0 Å². The van der Waals surface area contributed by atoms with Crippen LogP contribution in [0.25, 0.3) is 0 Å². The van der Waals surface area contributed by atoms with E-state index in [1.54, 1.807) is 0 Å². The molecule has 2 N–H and O–H groups in total. The Morgan fingerprint density at radius 3 is 2.79 bits per heavy atom. The molecule has 1 spiro atoms. The van der Waals surface area contributed by atoms with Gasteiger partial charge in [0.25, 0.3) is 0 Å². The summed E-state index contributed by atoms with van der Waals surface area (Å²) >= 11 is 0. The van der Waals surface area contributed by atoms with Crippen LogP contribution in [-0.4, -0.2) is 24.7 Å². The van der Waals surface area contributed by atoms with Gasteiger partial charge in [0.15, 0.2) is 0 Å². The summed E-state index contributed by atoms with van der Waals surface area (Å²) in [6, 6.07) is 0.777. The molecule has 14 heavy (non-hydrogen) atoms. The molecule has 2 nitrogen and oxygen atoms in total. The Bertz CT molecular complexity index is 166. The zero-order valence-corrected chi connectivity index (χ0v) is 9.44. The van der Waals surface area contributed by atoms with Gasteiger partial charge >= 0.3 is 0 Å². The molecule has 1 aliphatic carbocycles. The van der Waals surface area contributed by atoms with E-state index >= 15 is 0 Å². The summed E-state index contributed by atoms with van der Waals surface area (Å²) in [6.07, 6.45) is 9.83. The van der Waals surface area contributed by atoms with Gasteiger partial charge in [0.05, 0.1) is 0 Å². The molecule has 0 bridgehead atoms. The van der Waals surface area contributed by atoms with Gasteiger partial charge in [-0.25, -0.2) is 0 Å². The van der Waals surface area contributed by atoms with E-state index in [0.717, 1.165) is 12.6 Å². The summed E-state index contributed by atoms with van der Waals surface area (Å²) in [7, 11) is 0. The highest BCUT2D eigenvalue weighted by Crippen LogP contribution is 2.34. The second-order valence-corrected chi connectivity index (χ2v) is 5.02. The molecule has 0 aromatic heterocycles. The number of hydrogen-bond acceptors (Lipinski definition) is 2. The average Bonchev–Trinajstić information content (AvgIpc) is 2.19. The molecule has 0 aromatic rings. The van der Waals surface area contributed by atoms with Gasteiger partial charge in [-0.05, 0) is 38.8 Å². The summed E-state index contributed by atoms with van der Waals surface area (Å²) < 4.78 is 0. The van der Waals surface area contributed by atoms with E-state index in [9.17, 15) is 0 Å². The lowest BCUT2D eigenvalue weighted by Crippen LogP contribution is -2.56. The van der Waals surface area contributed by atoms with E-state index in [-0.39, 0.29) is 0 Å². The Morgan fingerprint density at radius 1 is 1.29 bits per heavy atom. The van der Waals surface area contributed by atoms with E-state index in [4.69, 9.17) is 0 Å². The minimum atomic E-state index is 0.517. The van der Waals surface area contributed by atoms with Crippen molar-refractivity contribution < 1.29 is 0 Å². The van der Waals surface area contributed by atoms with Crippen LogP contribution in [0.15, 0.2) is 0 Å². The van der Waals surface area contributed by atoms with Crippen LogP contribution >= 0.6 is 0 Å². The van der Waals surface area contributed by atoms with Crippen molar-refractivity contribution in [1.82, 2.24) is 10.6 Å². The maximum absolute atomic E-state index is 3.78. The summed E-state index contributed by atoms with van der Waals surface area (Å²) in [5.41, 5.74) is 0.517. The molecule has 1 saturated heterocycles. The first-order valence-corrected chi connectivity index (χ1v) is 6.33. The Balaban J connectivity index is 1.91. The third-order valence-electron chi connectivity index (χ3n) is 3.93. The first-order valence-electron chi connectivity index (χ1n) is 6.33. The SMILES string of the molecule is CCNC1CCNC2(CCCCC2)C1. The molecule has 2 aliphatic rings. The first-order chi connectivity index (χ1) is 6.85. The lowest BCUT2D eigenvalue weighted by molar-refractivity contribution is 0.158. The van der Waals surface area contributed by atoms with Gasteiger partial charge in [-0.3, -0.25) is 0 Å². The molecule has 2 heteroatoms. The average molecular weight is 196 g/mol. The van der Waals surface area contributed by atoms with Crippen molar-refractivity contribution in [2.75, 3.05) is 13.1 Å². The summed E-state index contributed by atoms with van der Waals surface area (Å²) in [5, 5.41) is 7.40. The third-order valence-corrected chi connectivity index (χ3v) is 3.93. The van der Waals surface area contributed by atoms with E-state index in [0.29, 0.717) is 5.54 Å². The molecule has 82 valence electrons. The van der Waals surface area contributed by atoms with Crippen LogP contribution in [-0.2, 0) is 0 Å². The second-order valence-electron chi connectivity index (χ2n) is 5.02. The van der Waals surface area contributed by atoms with Crippen molar-refractivity contribution in [1.29, 1.82) is 0 Å². The van der Waals surface area contributed by atoms with Gasteiger partial charge in [-0.1, -0.05) is 26.2 Å². The summed E-state index contributed by atoms with van der Waals surface area (Å²) in [5.74, 6) is 0. The molecule has 1 aliphatic heterocycles. The van der Waals surface area contributed by atoms with Gasteiger partial charge in [-0.2, -0.15) is 0 Å². The fourth-order valence-corrected chi connectivity index (χ4v) is 3.23. The second kappa shape index (κ2) is 4.63. The lowest BCUT2D eigenvalue weighted by atomic mass is 9.75. The summed E-state index contributed by atoms with van der Waals surface area (Å²) in [4.78, 5) is 0. The van der Waals surface area contributed by atoms with Crippen molar-refractivity contribution in [3.8, 4) is 0 Å². The van der Waals surface area contributed by atoms with E-state index in [1.807, 2.05) is 0 Å². The molecule has 0 aromatic carbocycles. The fourth-order valence-electron chi connectivity index (χ4n) is 3.23. The highest BCUT2D eigenvalue weighted by Gasteiger charge is 2.36. The van der Waals surface area contributed by atoms with Crippen molar-refractivity contribution in [2.45, 2.75) is 63.5 Å². The van der Waals surface area contributed by atoms with Gasteiger partial charge in [0, 0.05) is 11.6 Å². The van der Waals surface area contributed by atoms with E-state index in [2.05, 4.69) is 17.6 Å². The maximum Gasteiger partial charge on any atom is 0.0196 e. The molecule has 1 unspecified atom stereocenters. The highest BCUT2D eigenvalue weighted by molar-refractivity contribution is 4.97. The predicted molar refractivity (Wildman–Crippen MR) is 60.5 cm³/mol. The minimum absolute atomic E-state index is 0.517. The van der Waals surface area contributed by atoms with Crippen molar-refractivity contribution >= 4 is 0 Å². The van der Waals surface area contributed by atoms with Crippen LogP contribution in [0.3, 0.4) is 0 Å². The van der Waals surface area contributed by atoms with Crippen LogP contribution in [0.2, 0.25) is 0 Å². The van der Waals surface area contributed by atoms with Crippen molar-refractivity contribution in [3.63, 3.8) is 0 Å². The largest absolute Gasteiger partial charge is 0.314 e. The number of piperidine rings is 1. The topological polar surface area (TPSA) is 24.1 Å². The molecular formula is C12H24N2. The molecule has 1 saturated carbocycles. The lowest BCUT2D eigenvalue weighted by Gasteiger charge is -2.44. The quantitative estimate of drug-likeness (QED) is 0.706. The van der Waals surface area contributed by atoms with Crippen LogP contribution in [0.1, 0.15) is 51.9 Å². The van der Waals surface area contributed by atoms with Gasteiger partial charge in [0.1, 0.15) is 0 Å². The van der Waals surface area contributed by atoms with Gasteiger partial charge < -0.3 is 10.6 Å². The molecule has 2 fully saturated rings. The number of rotatable bonds is 2. The zero-order chi connectivity index (χ0) is 9.86. The van der Waals surface area contributed by atoms with Gasteiger partial charge in [0.2, 0.25) is 0 Å². The van der Waals surface area contributed by atoms with Crippen LogP contribution in [0.4, 0.5) is 0 Å². The van der Waals surface area contributed by atoms with E-state index < -0.39 is 0 Å². The first kappa shape index (κ1) is 10.4. The minimum Gasteiger partial charge on any atom is -0.314 e. The fraction of sp³-hybridized carbons (Fsp3) is 1.00. The molecule has 2 rings (SSSR count). The van der Waals surface area contributed by atoms with Crippen LogP contribution < -0.4 is 10.6 Å². The normalized spacial score (nSPS) is 31.9. The van der Waals surface area contributed by atoms with E-state index in [1.165, 1.54) is 51.5 Å². The molecule has 0 radical (unpaired) electrons. The number of nitrogens with one attached hydrogen (secondary N) is 2. The van der Waals surface area contributed by atoms with Crippen LogP contribution in [0, 0.1) is 0 Å². The van der Waals surface area contributed by atoms with Gasteiger partial charge in [-0.15, -0.1) is 0 Å². The monoisotopic (exact) mass is 196 g/mol. The Morgan fingerprint density at radius 2 is 2.07 bits per heavy atom. The Labute approximate surface area is 87.8 Å². The molecule has 1 heterocycles. The number of hydrogen-bond donors (Lipinski definition) is 2. The Hall–Kier alpha value is -0.0800. The van der Waals surface area contributed by atoms with Crippen molar-refractivity contribution in [3.05, 3.63) is 0 Å². The smallest absolute Gasteiger partial charge is 0.0196 e.